The third-order valence-electron chi connectivity index (χ3n) is 12.9. The van der Waals surface area contributed by atoms with Crippen LogP contribution < -0.4 is 18.3 Å². The second-order valence-electron chi connectivity index (χ2n) is 21.2. The second kappa shape index (κ2) is 25.4. The molecule has 364 valence electrons. The van der Waals surface area contributed by atoms with E-state index in [9.17, 15) is 0 Å². The quantitative estimate of drug-likeness (QED) is 0.128. The van der Waals surface area contributed by atoms with Crippen molar-refractivity contribution in [2.45, 2.75) is 108 Å². The summed E-state index contributed by atoms with van der Waals surface area (Å²) in [6, 6.07) is 52.0. The number of hydrogen-bond donors (Lipinski definition) is 0. The normalized spacial score (nSPS) is 11.0. The smallest absolute Gasteiger partial charge is 0.201 e. The monoisotopic (exact) mass is 933 g/mol. The minimum absolute atomic E-state index is 0.331. The van der Waals surface area contributed by atoms with Crippen LogP contribution in [-0.2, 0) is 47.5 Å². The van der Waals surface area contributed by atoms with Crippen molar-refractivity contribution in [3.8, 4) is 45.0 Å². The van der Waals surface area contributed by atoms with Crippen molar-refractivity contribution in [1.82, 2.24) is 0 Å². The molecule has 4 heteroatoms. The molecule has 70 heavy (non-hydrogen) atoms. The lowest BCUT2D eigenvalue weighted by molar-refractivity contribution is -0.661. The molecule has 0 fully saturated rings. The van der Waals surface area contributed by atoms with Crippen LogP contribution in [0.3, 0.4) is 0 Å². The molecule has 0 saturated heterocycles. The van der Waals surface area contributed by atoms with E-state index < -0.39 is 0 Å². The predicted molar refractivity (Wildman–Crippen MR) is 296 cm³/mol. The van der Waals surface area contributed by atoms with Crippen molar-refractivity contribution in [3.63, 3.8) is 0 Å². The van der Waals surface area contributed by atoms with Crippen molar-refractivity contribution in [2.75, 3.05) is 0 Å². The highest BCUT2D eigenvalue weighted by Crippen LogP contribution is 2.25. The maximum absolute atomic E-state index is 2.28. The van der Waals surface area contributed by atoms with Gasteiger partial charge in [-0.3, -0.25) is 0 Å². The molecule has 0 amide bonds. The third kappa shape index (κ3) is 15.5. The highest BCUT2D eigenvalue weighted by molar-refractivity contribution is 5.63. The van der Waals surface area contributed by atoms with Crippen molar-refractivity contribution in [1.29, 1.82) is 0 Å². The molecular formula is C66H84N4+4. The van der Waals surface area contributed by atoms with Crippen LogP contribution >= 0.6 is 0 Å². The van der Waals surface area contributed by atoms with Crippen LogP contribution in [0.2, 0.25) is 0 Å². The van der Waals surface area contributed by atoms with Crippen molar-refractivity contribution in [3.05, 3.63) is 215 Å². The summed E-state index contributed by atoms with van der Waals surface area (Å²) >= 11 is 0. The molecule has 8 rings (SSSR count). The van der Waals surface area contributed by atoms with Gasteiger partial charge >= 0.3 is 0 Å². The number of hydrogen-bond acceptors (Lipinski definition) is 0. The maximum Gasteiger partial charge on any atom is 0.212 e. The lowest BCUT2D eigenvalue weighted by atomic mass is 9.88. The van der Waals surface area contributed by atoms with Crippen LogP contribution in [0.1, 0.15) is 106 Å². The van der Waals surface area contributed by atoms with Gasteiger partial charge in [0.1, 0.15) is 28.2 Å². The Kier molecular flexibility index (Phi) is 19.7. The molecule has 0 saturated carbocycles. The van der Waals surface area contributed by atoms with Gasteiger partial charge in [-0.1, -0.05) is 128 Å². The van der Waals surface area contributed by atoms with E-state index in [0.29, 0.717) is 17.3 Å². The van der Waals surface area contributed by atoms with Gasteiger partial charge in [0.05, 0.1) is 0 Å². The minimum Gasteiger partial charge on any atom is -0.201 e. The van der Waals surface area contributed by atoms with E-state index in [4.69, 9.17) is 0 Å². The van der Waals surface area contributed by atoms with Crippen LogP contribution in [-0.4, -0.2) is 0 Å². The van der Waals surface area contributed by atoms with Gasteiger partial charge in [-0.05, 0) is 135 Å². The Labute approximate surface area is 424 Å². The molecular weight excluding hydrogens is 849 g/mol. The van der Waals surface area contributed by atoms with Crippen molar-refractivity contribution in [2.24, 2.45) is 39.5 Å². The first kappa shape index (κ1) is 54.4. The maximum atomic E-state index is 2.28. The fourth-order valence-electron chi connectivity index (χ4n) is 9.04. The van der Waals surface area contributed by atoms with Gasteiger partial charge in [0.15, 0.2) is 24.8 Å². The number of nitrogens with zero attached hydrogens (tertiary/aromatic N) is 4. The van der Waals surface area contributed by atoms with Crippen LogP contribution in [0.5, 0.6) is 0 Å². The summed E-state index contributed by atoms with van der Waals surface area (Å²) in [6.07, 6.45) is 12.3. The fraction of sp³-hybridized carbons (Fsp3) is 0.333. The summed E-state index contributed by atoms with van der Waals surface area (Å²) in [5.74, 6) is 1.28. The molecule has 8 aromatic rings. The molecule has 0 aliphatic heterocycles. The van der Waals surface area contributed by atoms with Crippen LogP contribution in [0.15, 0.2) is 170 Å². The lowest BCUT2D eigenvalue weighted by Gasteiger charge is -2.17. The number of aromatic nitrogens is 4. The number of rotatable bonds is 9. The van der Waals surface area contributed by atoms with Gasteiger partial charge in [0.2, 0.25) is 22.8 Å². The highest BCUT2D eigenvalue weighted by Gasteiger charge is 2.18. The van der Waals surface area contributed by atoms with E-state index in [1.165, 1.54) is 89.5 Å². The molecule has 0 N–H and O–H groups in total. The van der Waals surface area contributed by atoms with Crippen LogP contribution in [0.4, 0.5) is 0 Å². The Morgan fingerprint density at radius 3 is 1.01 bits per heavy atom. The average molecular weight is 933 g/mol. The summed E-state index contributed by atoms with van der Waals surface area (Å²) in [5.41, 5.74) is 21.5. The van der Waals surface area contributed by atoms with E-state index in [0.717, 1.165) is 19.3 Å². The van der Waals surface area contributed by atoms with Crippen molar-refractivity contribution >= 4 is 0 Å². The Morgan fingerprint density at radius 2 is 0.700 bits per heavy atom. The molecule has 0 aliphatic carbocycles. The molecule has 0 unspecified atom stereocenters. The standard InChI is InChI=1S/C18H24N.C17H22N.C16H20N.C15H18N/c1-14-8-6-7-9-16(14)17-11-10-15(13-19(17)5)12-18(2,3)4;1-13(2)11-15-9-10-17(18(4)12-15)16-8-6-5-7-14(16)3;1-12(2)14-9-10-16(17(4)11-14)15-8-6-5-7-13(15)3;1-4-13-9-10-15(16(3)11-13)14-8-6-5-7-12(14)2/h6-11,13H,12H2,1-5H3;5-10,12-13H,11H2,1-4H3;5-12H,1-4H3;5-11H,4H2,1-3H3/q4*+1. The molecule has 0 spiro atoms. The molecule has 4 heterocycles. The molecule has 0 atom stereocenters. The van der Waals surface area contributed by atoms with E-state index in [1.807, 2.05) is 0 Å². The zero-order chi connectivity index (χ0) is 51.1. The summed E-state index contributed by atoms with van der Waals surface area (Å²) in [6.45, 7) is 26.6. The SMILES string of the molecule is CCc1ccc(-c2ccccc2C)[n+](C)c1.Cc1ccccc1-c1ccc(C(C)C)c[n+]1C.Cc1ccccc1-c1ccc(CC(C)(C)C)c[n+]1C.Cc1ccccc1-c1ccc(CC(C)C)c[n+]1C. The van der Waals surface area contributed by atoms with Crippen LogP contribution in [0.25, 0.3) is 45.0 Å². The Hall–Kier alpha value is -6.52. The molecule has 0 radical (unpaired) electrons. The molecule has 4 aromatic heterocycles. The van der Waals surface area contributed by atoms with E-state index in [2.05, 4.69) is 300 Å². The Balaban J connectivity index is 0.000000174. The fourth-order valence-corrected chi connectivity index (χ4v) is 9.04. The van der Waals surface area contributed by atoms with Crippen molar-refractivity contribution < 1.29 is 18.3 Å². The van der Waals surface area contributed by atoms with E-state index in [-0.39, 0.29) is 0 Å². The minimum atomic E-state index is 0.331. The number of aryl methyl sites for hydroxylation is 9. The third-order valence-corrected chi connectivity index (χ3v) is 12.9. The number of pyridine rings is 4. The lowest BCUT2D eigenvalue weighted by Crippen LogP contribution is -2.32. The summed E-state index contributed by atoms with van der Waals surface area (Å²) < 4.78 is 8.91. The Bertz CT molecular complexity index is 2950. The first-order valence-corrected chi connectivity index (χ1v) is 25.5. The Morgan fingerprint density at radius 1 is 0.386 bits per heavy atom. The first-order chi connectivity index (χ1) is 33.3. The average Bonchev–Trinajstić information content (AvgIpc) is 3.30. The van der Waals surface area contributed by atoms with E-state index in [1.54, 1.807) is 0 Å². The van der Waals surface area contributed by atoms with Gasteiger partial charge < -0.3 is 0 Å². The zero-order valence-electron chi connectivity index (χ0n) is 45.7. The van der Waals surface area contributed by atoms with Gasteiger partial charge in [-0.2, -0.15) is 0 Å². The van der Waals surface area contributed by atoms with Gasteiger partial charge in [0.25, 0.3) is 0 Å². The molecule has 0 bridgehead atoms. The van der Waals surface area contributed by atoms with Crippen LogP contribution in [0, 0.1) is 39.0 Å². The summed E-state index contributed by atoms with van der Waals surface area (Å²) in [4.78, 5) is 0. The summed E-state index contributed by atoms with van der Waals surface area (Å²) in [5, 5.41) is 0. The summed E-state index contributed by atoms with van der Waals surface area (Å²) in [7, 11) is 8.49. The van der Waals surface area contributed by atoms with Gasteiger partial charge in [0, 0.05) is 68.8 Å². The number of benzene rings is 4. The zero-order valence-corrected chi connectivity index (χ0v) is 45.7. The highest BCUT2D eigenvalue weighted by atomic mass is 14.9. The first-order valence-electron chi connectivity index (χ1n) is 25.5. The largest absolute Gasteiger partial charge is 0.212 e. The molecule has 4 nitrogen and oxygen atoms in total. The second-order valence-corrected chi connectivity index (χ2v) is 21.2. The topological polar surface area (TPSA) is 15.5 Å². The van der Waals surface area contributed by atoms with Gasteiger partial charge in [-0.15, -0.1) is 0 Å². The van der Waals surface area contributed by atoms with E-state index >= 15 is 0 Å². The predicted octanol–water partition coefficient (Wildman–Crippen LogP) is 14.4. The molecule has 4 aromatic carbocycles. The molecule has 0 aliphatic rings. The van der Waals surface area contributed by atoms with Gasteiger partial charge in [-0.25, -0.2) is 18.3 Å².